The van der Waals surface area contributed by atoms with E-state index >= 15 is 0 Å². The molecule has 1 saturated carbocycles. The van der Waals surface area contributed by atoms with E-state index in [1.54, 1.807) is 12.1 Å². The number of carbonyl (C=O) groups is 1. The fourth-order valence-corrected chi connectivity index (χ4v) is 2.76. The van der Waals surface area contributed by atoms with Crippen LogP contribution in [0.25, 0.3) is 0 Å². The third-order valence-corrected chi connectivity index (χ3v) is 4.01. The van der Waals surface area contributed by atoms with Crippen molar-refractivity contribution < 1.29 is 9.18 Å². The minimum absolute atomic E-state index is 0.0759. The van der Waals surface area contributed by atoms with Gasteiger partial charge < -0.3 is 10.6 Å². The van der Waals surface area contributed by atoms with Crippen LogP contribution in [0, 0.1) is 11.7 Å². The Bertz CT molecular complexity index is 433. The van der Waals surface area contributed by atoms with Crippen molar-refractivity contribution in [1.82, 2.24) is 5.32 Å². The van der Waals surface area contributed by atoms with Gasteiger partial charge >= 0.3 is 0 Å². The van der Waals surface area contributed by atoms with Gasteiger partial charge in [0.2, 0.25) is 5.91 Å². The molecule has 1 amide bonds. The van der Waals surface area contributed by atoms with Crippen LogP contribution in [-0.2, 0) is 4.79 Å². The second-order valence-electron chi connectivity index (χ2n) is 5.66. The molecule has 110 valence electrons. The molecule has 2 rings (SSSR count). The smallest absolute Gasteiger partial charge is 0.238 e. The molecular weight excluding hydrogens is 255 g/mol. The van der Waals surface area contributed by atoms with Gasteiger partial charge in [-0.05, 0) is 43.0 Å². The summed E-state index contributed by atoms with van der Waals surface area (Å²) in [6.45, 7) is 2.56. The molecule has 1 fully saturated rings. The minimum Gasteiger partial charge on any atom is -0.325 e. The van der Waals surface area contributed by atoms with Gasteiger partial charge in [0.15, 0.2) is 0 Å². The van der Waals surface area contributed by atoms with E-state index in [0.717, 1.165) is 6.42 Å². The quantitative estimate of drug-likeness (QED) is 0.830. The molecule has 3 nitrogen and oxygen atoms in total. The monoisotopic (exact) mass is 278 g/mol. The van der Waals surface area contributed by atoms with Gasteiger partial charge in [-0.1, -0.05) is 26.2 Å². The van der Waals surface area contributed by atoms with E-state index in [4.69, 9.17) is 0 Å². The van der Waals surface area contributed by atoms with Crippen molar-refractivity contribution in [1.29, 1.82) is 0 Å². The molecule has 0 saturated heterocycles. The number of rotatable bonds is 4. The highest BCUT2D eigenvalue weighted by atomic mass is 19.1. The zero-order chi connectivity index (χ0) is 14.4. The number of nitrogens with one attached hydrogen (secondary N) is 2. The second-order valence-corrected chi connectivity index (χ2v) is 5.66. The molecule has 0 spiro atoms. The fourth-order valence-electron chi connectivity index (χ4n) is 2.76. The van der Waals surface area contributed by atoms with E-state index in [0.29, 0.717) is 24.2 Å². The summed E-state index contributed by atoms with van der Waals surface area (Å²) in [4.78, 5) is 11.9. The summed E-state index contributed by atoms with van der Waals surface area (Å²) in [5.74, 6) is 0.248. The lowest BCUT2D eigenvalue weighted by molar-refractivity contribution is -0.115. The van der Waals surface area contributed by atoms with Crippen molar-refractivity contribution in [2.45, 2.75) is 45.1 Å². The number of benzene rings is 1. The SMILES string of the molecule is CC1CCCCCC1NCC(=O)Nc1ccc(F)cc1. The third kappa shape index (κ3) is 4.60. The average Bonchev–Trinajstić information content (AvgIpc) is 2.64. The normalized spacial score (nSPS) is 23.1. The van der Waals surface area contributed by atoms with E-state index in [1.165, 1.54) is 37.8 Å². The Kier molecular flexibility index (Phi) is 5.53. The topological polar surface area (TPSA) is 41.1 Å². The number of halogens is 1. The van der Waals surface area contributed by atoms with Crippen LogP contribution in [0.1, 0.15) is 39.0 Å². The molecule has 1 aliphatic carbocycles. The minimum atomic E-state index is -0.298. The maximum absolute atomic E-state index is 12.8. The Morgan fingerprint density at radius 3 is 2.65 bits per heavy atom. The molecule has 20 heavy (non-hydrogen) atoms. The van der Waals surface area contributed by atoms with Crippen molar-refractivity contribution >= 4 is 11.6 Å². The average molecular weight is 278 g/mol. The van der Waals surface area contributed by atoms with Crippen molar-refractivity contribution in [2.75, 3.05) is 11.9 Å². The van der Waals surface area contributed by atoms with Gasteiger partial charge in [0, 0.05) is 11.7 Å². The van der Waals surface area contributed by atoms with Crippen molar-refractivity contribution in [3.8, 4) is 0 Å². The molecule has 2 N–H and O–H groups in total. The van der Waals surface area contributed by atoms with Crippen LogP contribution in [0.4, 0.5) is 10.1 Å². The molecule has 0 heterocycles. The van der Waals surface area contributed by atoms with Gasteiger partial charge in [-0.2, -0.15) is 0 Å². The summed E-state index contributed by atoms with van der Waals surface area (Å²) in [6.07, 6.45) is 6.20. The Labute approximate surface area is 120 Å². The molecule has 2 atom stereocenters. The first-order valence-electron chi connectivity index (χ1n) is 7.44. The van der Waals surface area contributed by atoms with Crippen LogP contribution in [0.15, 0.2) is 24.3 Å². The maximum atomic E-state index is 12.8. The second kappa shape index (κ2) is 7.39. The predicted octanol–water partition coefficient (Wildman–Crippen LogP) is 3.32. The van der Waals surface area contributed by atoms with Crippen LogP contribution >= 0.6 is 0 Å². The fraction of sp³-hybridized carbons (Fsp3) is 0.562. The third-order valence-electron chi connectivity index (χ3n) is 4.01. The molecule has 4 heteroatoms. The molecular formula is C16H23FN2O. The van der Waals surface area contributed by atoms with E-state index < -0.39 is 0 Å². The van der Waals surface area contributed by atoms with Crippen molar-refractivity contribution in [2.24, 2.45) is 5.92 Å². The Balaban J connectivity index is 1.78. The number of anilines is 1. The van der Waals surface area contributed by atoms with Crippen LogP contribution < -0.4 is 10.6 Å². The summed E-state index contributed by atoms with van der Waals surface area (Å²) in [5, 5.41) is 6.13. The van der Waals surface area contributed by atoms with Gasteiger partial charge in [0.25, 0.3) is 0 Å². The molecule has 1 aromatic carbocycles. The number of amides is 1. The van der Waals surface area contributed by atoms with Gasteiger partial charge in [-0.3, -0.25) is 4.79 Å². The van der Waals surface area contributed by atoms with Crippen molar-refractivity contribution in [3.05, 3.63) is 30.1 Å². The lowest BCUT2D eigenvalue weighted by atomic mass is 9.97. The summed E-state index contributed by atoms with van der Waals surface area (Å²) in [5.41, 5.74) is 0.632. The van der Waals surface area contributed by atoms with E-state index in [1.807, 2.05) is 0 Å². The molecule has 0 bridgehead atoms. The number of hydrogen-bond acceptors (Lipinski definition) is 2. The van der Waals surface area contributed by atoms with Gasteiger partial charge in [-0.15, -0.1) is 0 Å². The molecule has 1 aliphatic rings. The molecule has 0 aliphatic heterocycles. The van der Waals surface area contributed by atoms with Gasteiger partial charge in [0.05, 0.1) is 6.54 Å². The molecule has 2 unspecified atom stereocenters. The lowest BCUT2D eigenvalue weighted by Crippen LogP contribution is -2.39. The van der Waals surface area contributed by atoms with Crippen LogP contribution in [0.2, 0.25) is 0 Å². The highest BCUT2D eigenvalue weighted by molar-refractivity contribution is 5.92. The lowest BCUT2D eigenvalue weighted by Gasteiger charge is -2.22. The van der Waals surface area contributed by atoms with E-state index in [9.17, 15) is 9.18 Å². The zero-order valence-corrected chi connectivity index (χ0v) is 12.0. The van der Waals surface area contributed by atoms with Crippen LogP contribution in [0.5, 0.6) is 0 Å². The van der Waals surface area contributed by atoms with Crippen LogP contribution in [-0.4, -0.2) is 18.5 Å². The summed E-state index contributed by atoms with van der Waals surface area (Å²) >= 11 is 0. The Morgan fingerprint density at radius 1 is 1.20 bits per heavy atom. The first-order valence-corrected chi connectivity index (χ1v) is 7.44. The maximum Gasteiger partial charge on any atom is 0.238 e. The Morgan fingerprint density at radius 2 is 1.90 bits per heavy atom. The highest BCUT2D eigenvalue weighted by Gasteiger charge is 2.19. The summed E-state index contributed by atoms with van der Waals surface area (Å²) in [7, 11) is 0. The van der Waals surface area contributed by atoms with Gasteiger partial charge in [-0.25, -0.2) is 4.39 Å². The van der Waals surface area contributed by atoms with Crippen LogP contribution in [0.3, 0.4) is 0 Å². The molecule has 0 radical (unpaired) electrons. The summed E-state index contributed by atoms with van der Waals surface area (Å²) < 4.78 is 12.8. The van der Waals surface area contributed by atoms with E-state index in [-0.39, 0.29) is 11.7 Å². The first-order chi connectivity index (χ1) is 9.65. The van der Waals surface area contributed by atoms with E-state index in [2.05, 4.69) is 17.6 Å². The highest BCUT2D eigenvalue weighted by Crippen LogP contribution is 2.22. The number of carbonyl (C=O) groups excluding carboxylic acids is 1. The predicted molar refractivity (Wildman–Crippen MR) is 79.1 cm³/mol. The van der Waals surface area contributed by atoms with Gasteiger partial charge in [0.1, 0.15) is 5.82 Å². The standard InChI is InChI=1S/C16H23FN2O/c1-12-5-3-2-4-6-15(12)18-11-16(20)19-14-9-7-13(17)8-10-14/h7-10,12,15,18H,2-6,11H2,1H3,(H,19,20). The first kappa shape index (κ1) is 15.0. The number of hydrogen-bond donors (Lipinski definition) is 2. The summed E-state index contributed by atoms with van der Waals surface area (Å²) in [6, 6.07) is 6.26. The van der Waals surface area contributed by atoms with Crippen molar-refractivity contribution in [3.63, 3.8) is 0 Å². The zero-order valence-electron chi connectivity index (χ0n) is 12.0. The molecule has 0 aromatic heterocycles. The Hall–Kier alpha value is -1.42. The molecule has 1 aromatic rings. The largest absolute Gasteiger partial charge is 0.325 e.